The smallest absolute Gasteiger partial charge is 0.222 e. The number of nitrogens with zero attached hydrogens (tertiary/aromatic N) is 1. The molecule has 3 nitrogen and oxygen atoms in total. The molecule has 86 valence electrons. The molecule has 1 unspecified atom stereocenters. The number of amides is 1. The molecule has 3 heteroatoms. The Morgan fingerprint density at radius 2 is 2.27 bits per heavy atom. The third-order valence-electron chi connectivity index (χ3n) is 3.81. The van der Waals surface area contributed by atoms with Crippen LogP contribution in [0.4, 0.5) is 0 Å². The van der Waals surface area contributed by atoms with Gasteiger partial charge in [0.1, 0.15) is 0 Å². The predicted molar refractivity (Wildman–Crippen MR) is 60.6 cm³/mol. The van der Waals surface area contributed by atoms with E-state index in [4.69, 9.17) is 0 Å². The Morgan fingerprint density at radius 3 is 2.87 bits per heavy atom. The average molecular weight is 210 g/mol. The van der Waals surface area contributed by atoms with Crippen molar-refractivity contribution >= 4 is 5.91 Å². The van der Waals surface area contributed by atoms with E-state index in [1.807, 2.05) is 0 Å². The summed E-state index contributed by atoms with van der Waals surface area (Å²) in [7, 11) is 0. The Morgan fingerprint density at radius 1 is 1.47 bits per heavy atom. The fourth-order valence-electron chi connectivity index (χ4n) is 2.46. The van der Waals surface area contributed by atoms with Gasteiger partial charge in [0.05, 0.1) is 0 Å². The highest BCUT2D eigenvalue weighted by Gasteiger charge is 2.24. The lowest BCUT2D eigenvalue weighted by Gasteiger charge is -2.35. The minimum atomic E-state index is 0.371. The first-order valence-corrected chi connectivity index (χ1v) is 6.27. The van der Waals surface area contributed by atoms with E-state index >= 15 is 0 Å². The van der Waals surface area contributed by atoms with Gasteiger partial charge in [-0.2, -0.15) is 0 Å². The van der Waals surface area contributed by atoms with Crippen LogP contribution in [0.15, 0.2) is 0 Å². The zero-order valence-corrected chi connectivity index (χ0v) is 9.67. The van der Waals surface area contributed by atoms with Gasteiger partial charge in [-0.25, -0.2) is 0 Å². The van der Waals surface area contributed by atoms with E-state index in [0.29, 0.717) is 11.9 Å². The first-order chi connectivity index (χ1) is 7.27. The summed E-state index contributed by atoms with van der Waals surface area (Å²) in [5.41, 5.74) is 0. The van der Waals surface area contributed by atoms with Crippen molar-refractivity contribution in [3.05, 3.63) is 0 Å². The fraction of sp³-hybridized carbons (Fsp3) is 0.917. The SMILES string of the molecule is CC1CNCCN1C(=O)CCC1CCC1. The summed E-state index contributed by atoms with van der Waals surface area (Å²) < 4.78 is 0. The van der Waals surface area contributed by atoms with E-state index in [1.165, 1.54) is 19.3 Å². The maximum absolute atomic E-state index is 12.0. The zero-order chi connectivity index (χ0) is 10.7. The predicted octanol–water partition coefficient (Wildman–Crippen LogP) is 1.39. The molecule has 1 saturated heterocycles. The highest BCUT2D eigenvalue weighted by Crippen LogP contribution is 2.30. The van der Waals surface area contributed by atoms with Gasteiger partial charge in [-0.1, -0.05) is 19.3 Å². The second-order valence-corrected chi connectivity index (χ2v) is 4.98. The fourth-order valence-corrected chi connectivity index (χ4v) is 2.46. The lowest BCUT2D eigenvalue weighted by atomic mass is 9.82. The largest absolute Gasteiger partial charge is 0.337 e. The molecule has 0 bridgehead atoms. The van der Waals surface area contributed by atoms with Crippen molar-refractivity contribution in [3.63, 3.8) is 0 Å². The third kappa shape index (κ3) is 2.71. The Kier molecular flexibility index (Phi) is 3.62. The van der Waals surface area contributed by atoms with Crippen LogP contribution in [0.5, 0.6) is 0 Å². The lowest BCUT2D eigenvalue weighted by molar-refractivity contribution is -0.134. The van der Waals surface area contributed by atoms with Crippen molar-refractivity contribution in [2.45, 2.75) is 45.1 Å². The third-order valence-corrected chi connectivity index (χ3v) is 3.81. The van der Waals surface area contributed by atoms with E-state index in [9.17, 15) is 4.79 Å². The van der Waals surface area contributed by atoms with Gasteiger partial charge in [-0.05, 0) is 19.3 Å². The molecule has 0 aromatic rings. The highest BCUT2D eigenvalue weighted by atomic mass is 16.2. The van der Waals surface area contributed by atoms with Gasteiger partial charge in [-0.3, -0.25) is 4.79 Å². The number of carbonyl (C=O) groups is 1. The first kappa shape index (κ1) is 10.9. The van der Waals surface area contributed by atoms with E-state index in [1.54, 1.807) is 0 Å². The van der Waals surface area contributed by atoms with Crippen LogP contribution in [-0.4, -0.2) is 36.5 Å². The van der Waals surface area contributed by atoms with Crippen LogP contribution in [0.25, 0.3) is 0 Å². The molecule has 0 radical (unpaired) electrons. The molecule has 1 aliphatic carbocycles. The van der Waals surface area contributed by atoms with Crippen LogP contribution in [0.3, 0.4) is 0 Å². The number of nitrogens with one attached hydrogen (secondary N) is 1. The van der Waals surface area contributed by atoms with E-state index in [2.05, 4.69) is 17.1 Å². The second kappa shape index (κ2) is 4.97. The molecule has 1 aliphatic heterocycles. The van der Waals surface area contributed by atoms with Crippen molar-refractivity contribution in [1.29, 1.82) is 0 Å². The standard InChI is InChI=1S/C12H22N2O/c1-10-9-13-7-8-14(10)12(15)6-5-11-3-2-4-11/h10-11,13H,2-9H2,1H3. The van der Waals surface area contributed by atoms with E-state index in [-0.39, 0.29) is 0 Å². The number of hydrogen-bond acceptors (Lipinski definition) is 2. The molecule has 1 heterocycles. The van der Waals surface area contributed by atoms with Gasteiger partial charge in [0, 0.05) is 32.1 Å². The van der Waals surface area contributed by atoms with Crippen molar-refractivity contribution in [3.8, 4) is 0 Å². The number of carbonyl (C=O) groups excluding carboxylic acids is 1. The summed E-state index contributed by atoms with van der Waals surface area (Å²) in [4.78, 5) is 14.0. The minimum absolute atomic E-state index is 0.371. The molecule has 2 aliphatic rings. The Hall–Kier alpha value is -0.570. The molecule has 1 saturated carbocycles. The summed E-state index contributed by atoms with van der Waals surface area (Å²) >= 11 is 0. The molecule has 1 amide bonds. The quantitative estimate of drug-likeness (QED) is 0.763. The van der Waals surface area contributed by atoms with Gasteiger partial charge in [-0.15, -0.1) is 0 Å². The highest BCUT2D eigenvalue weighted by molar-refractivity contribution is 5.76. The molecule has 1 atom stereocenters. The van der Waals surface area contributed by atoms with Crippen molar-refractivity contribution in [2.24, 2.45) is 5.92 Å². The van der Waals surface area contributed by atoms with Crippen LogP contribution < -0.4 is 5.32 Å². The number of rotatable bonds is 3. The summed E-state index contributed by atoms with van der Waals surface area (Å²) in [6, 6.07) is 0.382. The maximum atomic E-state index is 12.0. The van der Waals surface area contributed by atoms with Gasteiger partial charge in [0.25, 0.3) is 0 Å². The molecular weight excluding hydrogens is 188 g/mol. The molecule has 0 aromatic carbocycles. The van der Waals surface area contributed by atoms with Gasteiger partial charge in [0.15, 0.2) is 0 Å². The second-order valence-electron chi connectivity index (χ2n) is 4.98. The van der Waals surface area contributed by atoms with Gasteiger partial charge < -0.3 is 10.2 Å². The minimum Gasteiger partial charge on any atom is -0.337 e. The summed E-state index contributed by atoms with van der Waals surface area (Å²) in [6.45, 7) is 4.94. The molecular formula is C12H22N2O. The van der Waals surface area contributed by atoms with Crippen molar-refractivity contribution in [1.82, 2.24) is 10.2 Å². The normalized spacial score (nSPS) is 27.5. The summed E-state index contributed by atoms with van der Waals surface area (Å²) in [5, 5.41) is 3.31. The maximum Gasteiger partial charge on any atom is 0.222 e. The van der Waals surface area contributed by atoms with Crippen LogP contribution in [0.2, 0.25) is 0 Å². The molecule has 0 spiro atoms. The molecule has 15 heavy (non-hydrogen) atoms. The lowest BCUT2D eigenvalue weighted by Crippen LogP contribution is -2.52. The van der Waals surface area contributed by atoms with Crippen LogP contribution in [0.1, 0.15) is 39.0 Å². The van der Waals surface area contributed by atoms with E-state index < -0.39 is 0 Å². The van der Waals surface area contributed by atoms with Crippen molar-refractivity contribution < 1.29 is 4.79 Å². The summed E-state index contributed by atoms with van der Waals surface area (Å²) in [5.74, 6) is 1.23. The van der Waals surface area contributed by atoms with Crippen molar-refractivity contribution in [2.75, 3.05) is 19.6 Å². The monoisotopic (exact) mass is 210 g/mol. The van der Waals surface area contributed by atoms with Crippen LogP contribution >= 0.6 is 0 Å². The van der Waals surface area contributed by atoms with Crippen LogP contribution in [-0.2, 0) is 4.79 Å². The molecule has 1 N–H and O–H groups in total. The van der Waals surface area contributed by atoms with Gasteiger partial charge >= 0.3 is 0 Å². The van der Waals surface area contributed by atoms with Crippen LogP contribution in [0, 0.1) is 5.92 Å². The topological polar surface area (TPSA) is 32.3 Å². The molecule has 2 fully saturated rings. The molecule has 0 aromatic heterocycles. The van der Waals surface area contributed by atoms with Gasteiger partial charge in [0.2, 0.25) is 5.91 Å². The Balaban J connectivity index is 1.73. The number of piperazine rings is 1. The first-order valence-electron chi connectivity index (χ1n) is 6.27. The molecule has 2 rings (SSSR count). The average Bonchev–Trinajstić information content (AvgIpc) is 2.16. The number of hydrogen-bond donors (Lipinski definition) is 1. The van der Waals surface area contributed by atoms with E-state index in [0.717, 1.165) is 38.4 Å². The Labute approximate surface area is 92.2 Å². The zero-order valence-electron chi connectivity index (χ0n) is 9.67. The summed E-state index contributed by atoms with van der Waals surface area (Å²) in [6.07, 6.45) is 5.97. The Bertz CT molecular complexity index is 226.